The molecule has 0 unspecified atom stereocenters. The Morgan fingerprint density at radius 2 is 1.73 bits per heavy atom. The van der Waals surface area contributed by atoms with Crippen LogP contribution in [0, 0.1) is 5.92 Å². The zero-order chi connectivity index (χ0) is 19.3. The van der Waals surface area contributed by atoms with E-state index in [4.69, 9.17) is 9.47 Å². The second kappa shape index (κ2) is 8.21. The largest absolute Gasteiger partial charge is 0.465 e. The Morgan fingerprint density at radius 1 is 1.12 bits per heavy atom. The van der Waals surface area contributed by atoms with E-state index in [9.17, 15) is 14.4 Å². The first-order valence-electron chi connectivity index (χ1n) is 8.67. The molecule has 0 radical (unpaired) electrons. The van der Waals surface area contributed by atoms with Crippen LogP contribution in [0.2, 0.25) is 0 Å². The molecule has 2 amide bonds. The average molecular weight is 362 g/mol. The minimum Gasteiger partial charge on any atom is -0.465 e. The number of piperidine rings is 1. The highest BCUT2D eigenvalue weighted by Crippen LogP contribution is 2.23. The fourth-order valence-corrected chi connectivity index (χ4v) is 2.77. The smallest absolute Gasteiger partial charge is 0.410 e. The van der Waals surface area contributed by atoms with Crippen molar-refractivity contribution in [3.8, 4) is 0 Å². The maximum absolute atomic E-state index is 12.5. The second-order valence-corrected chi connectivity index (χ2v) is 7.27. The van der Waals surface area contributed by atoms with Crippen molar-refractivity contribution in [3.05, 3.63) is 29.8 Å². The van der Waals surface area contributed by atoms with Gasteiger partial charge >= 0.3 is 12.1 Å². The van der Waals surface area contributed by atoms with Gasteiger partial charge in [0, 0.05) is 19.0 Å². The summed E-state index contributed by atoms with van der Waals surface area (Å²) in [6.45, 7) is 6.40. The predicted molar refractivity (Wildman–Crippen MR) is 96.9 cm³/mol. The number of likely N-dealkylation sites (tertiary alicyclic amines) is 1. The van der Waals surface area contributed by atoms with Gasteiger partial charge in [0.25, 0.3) is 0 Å². The summed E-state index contributed by atoms with van der Waals surface area (Å²) in [6, 6.07) is 6.72. The van der Waals surface area contributed by atoms with Gasteiger partial charge in [-0.1, -0.05) is 12.1 Å². The molecule has 1 aliphatic heterocycles. The molecule has 1 aromatic carbocycles. The van der Waals surface area contributed by atoms with Crippen LogP contribution in [0.3, 0.4) is 0 Å². The molecule has 142 valence electrons. The lowest BCUT2D eigenvalue weighted by molar-refractivity contribution is -0.121. The number of benzene rings is 1. The quantitative estimate of drug-likeness (QED) is 0.836. The monoisotopic (exact) mass is 362 g/mol. The molecular weight excluding hydrogens is 336 g/mol. The topological polar surface area (TPSA) is 84.9 Å². The Kier molecular flexibility index (Phi) is 6.23. The van der Waals surface area contributed by atoms with Crippen LogP contribution in [0.15, 0.2) is 24.3 Å². The van der Waals surface area contributed by atoms with Gasteiger partial charge in [-0.05, 0) is 45.7 Å². The Balaban J connectivity index is 1.93. The van der Waals surface area contributed by atoms with Crippen LogP contribution in [0.25, 0.3) is 0 Å². The van der Waals surface area contributed by atoms with Crippen LogP contribution in [0.1, 0.15) is 44.0 Å². The van der Waals surface area contributed by atoms with E-state index in [1.165, 1.54) is 7.11 Å². The number of amides is 2. The summed E-state index contributed by atoms with van der Waals surface area (Å²) >= 11 is 0. The van der Waals surface area contributed by atoms with E-state index in [-0.39, 0.29) is 17.9 Å². The highest BCUT2D eigenvalue weighted by Gasteiger charge is 2.30. The molecule has 0 spiro atoms. The van der Waals surface area contributed by atoms with Gasteiger partial charge in [-0.3, -0.25) is 4.79 Å². The summed E-state index contributed by atoms with van der Waals surface area (Å²) in [5.74, 6) is -0.884. The van der Waals surface area contributed by atoms with E-state index in [1.54, 1.807) is 29.2 Å². The summed E-state index contributed by atoms with van der Waals surface area (Å²) in [4.78, 5) is 38.0. The lowest BCUT2D eigenvalue weighted by atomic mass is 9.96. The van der Waals surface area contributed by atoms with Gasteiger partial charge in [-0.2, -0.15) is 0 Å². The highest BCUT2D eigenvalue weighted by atomic mass is 16.6. The maximum Gasteiger partial charge on any atom is 0.410 e. The van der Waals surface area contributed by atoms with E-state index in [0.717, 1.165) is 0 Å². The van der Waals surface area contributed by atoms with Crippen molar-refractivity contribution in [3.63, 3.8) is 0 Å². The molecule has 0 bridgehead atoms. The minimum atomic E-state index is -0.539. The zero-order valence-corrected chi connectivity index (χ0v) is 15.7. The Labute approximate surface area is 153 Å². The SMILES string of the molecule is COC(=O)c1ccccc1NC(=O)C1CCN(C(=O)OC(C)(C)C)CC1. The number of hydrogen-bond acceptors (Lipinski definition) is 5. The van der Waals surface area contributed by atoms with E-state index >= 15 is 0 Å². The molecule has 26 heavy (non-hydrogen) atoms. The van der Waals surface area contributed by atoms with Gasteiger partial charge in [-0.25, -0.2) is 9.59 Å². The van der Waals surface area contributed by atoms with E-state index < -0.39 is 11.6 Å². The van der Waals surface area contributed by atoms with Gasteiger partial charge in [0.15, 0.2) is 0 Å². The van der Waals surface area contributed by atoms with Gasteiger partial charge in [0.05, 0.1) is 18.4 Å². The van der Waals surface area contributed by atoms with Crippen LogP contribution < -0.4 is 5.32 Å². The second-order valence-electron chi connectivity index (χ2n) is 7.27. The van der Waals surface area contributed by atoms with Crippen molar-refractivity contribution in [2.24, 2.45) is 5.92 Å². The van der Waals surface area contributed by atoms with Crippen molar-refractivity contribution in [2.75, 3.05) is 25.5 Å². The predicted octanol–water partition coefficient (Wildman–Crippen LogP) is 3.06. The van der Waals surface area contributed by atoms with Crippen LogP contribution in [-0.4, -0.2) is 48.7 Å². The van der Waals surface area contributed by atoms with Crippen LogP contribution >= 0.6 is 0 Å². The molecule has 1 heterocycles. The number of nitrogens with zero attached hydrogens (tertiary/aromatic N) is 1. The molecule has 1 N–H and O–H groups in total. The number of methoxy groups -OCH3 is 1. The number of carbonyl (C=O) groups excluding carboxylic acids is 3. The van der Waals surface area contributed by atoms with Crippen LogP contribution in [0.4, 0.5) is 10.5 Å². The van der Waals surface area contributed by atoms with Gasteiger partial charge < -0.3 is 19.7 Å². The normalized spacial score (nSPS) is 15.3. The number of hydrogen-bond donors (Lipinski definition) is 1. The molecule has 7 heteroatoms. The summed E-state index contributed by atoms with van der Waals surface area (Å²) < 4.78 is 10.1. The zero-order valence-electron chi connectivity index (χ0n) is 15.7. The third-order valence-electron chi connectivity index (χ3n) is 4.11. The molecule has 1 aromatic rings. The van der Waals surface area contributed by atoms with E-state index in [0.29, 0.717) is 37.2 Å². The highest BCUT2D eigenvalue weighted by molar-refractivity contribution is 6.01. The first-order chi connectivity index (χ1) is 12.2. The van der Waals surface area contributed by atoms with Crippen molar-refractivity contribution in [1.82, 2.24) is 4.90 Å². The number of anilines is 1. The molecular formula is C19H26N2O5. The number of rotatable bonds is 3. The summed E-state index contributed by atoms with van der Waals surface area (Å²) in [5, 5.41) is 2.80. The van der Waals surface area contributed by atoms with Gasteiger partial charge in [0.1, 0.15) is 5.60 Å². The van der Waals surface area contributed by atoms with Crippen molar-refractivity contribution >= 4 is 23.7 Å². The Bertz CT molecular complexity index is 673. The first-order valence-corrected chi connectivity index (χ1v) is 8.67. The molecule has 0 aliphatic carbocycles. The minimum absolute atomic E-state index is 0.162. The number of para-hydroxylation sites is 1. The number of ether oxygens (including phenoxy) is 2. The summed E-state index contributed by atoms with van der Waals surface area (Å²) in [7, 11) is 1.30. The van der Waals surface area contributed by atoms with Gasteiger partial charge in [-0.15, -0.1) is 0 Å². The molecule has 0 saturated carbocycles. The van der Waals surface area contributed by atoms with E-state index in [2.05, 4.69) is 5.32 Å². The van der Waals surface area contributed by atoms with Crippen LogP contribution in [-0.2, 0) is 14.3 Å². The molecule has 0 aromatic heterocycles. The molecule has 1 aliphatic rings. The Morgan fingerprint density at radius 3 is 2.31 bits per heavy atom. The molecule has 0 atom stereocenters. The van der Waals surface area contributed by atoms with Gasteiger partial charge in [0.2, 0.25) is 5.91 Å². The number of carbonyl (C=O) groups is 3. The molecule has 2 rings (SSSR count). The molecule has 1 saturated heterocycles. The standard InChI is InChI=1S/C19H26N2O5/c1-19(2,3)26-18(24)21-11-9-13(10-12-21)16(22)20-15-8-6-5-7-14(15)17(23)25-4/h5-8,13H,9-12H2,1-4H3,(H,20,22). The van der Waals surface area contributed by atoms with E-state index in [1.807, 2.05) is 20.8 Å². The fraction of sp³-hybridized carbons (Fsp3) is 0.526. The van der Waals surface area contributed by atoms with Crippen molar-refractivity contribution in [1.29, 1.82) is 0 Å². The fourth-order valence-electron chi connectivity index (χ4n) is 2.77. The third kappa shape index (κ3) is 5.21. The molecule has 1 fully saturated rings. The number of esters is 1. The summed E-state index contributed by atoms with van der Waals surface area (Å²) in [5.41, 5.74) is 0.205. The van der Waals surface area contributed by atoms with Crippen molar-refractivity contribution < 1.29 is 23.9 Å². The maximum atomic E-state index is 12.5. The first kappa shape index (κ1) is 19.8. The lowest BCUT2D eigenvalue weighted by Gasteiger charge is -2.33. The lowest BCUT2D eigenvalue weighted by Crippen LogP contribution is -2.43. The van der Waals surface area contributed by atoms with Crippen molar-refractivity contribution in [2.45, 2.75) is 39.2 Å². The number of nitrogens with one attached hydrogen (secondary N) is 1. The van der Waals surface area contributed by atoms with Crippen LogP contribution in [0.5, 0.6) is 0 Å². The summed E-state index contributed by atoms with van der Waals surface area (Å²) in [6.07, 6.45) is 0.740. The average Bonchev–Trinajstić information content (AvgIpc) is 2.60. The Hall–Kier alpha value is -2.57. The molecule has 7 nitrogen and oxygen atoms in total. The third-order valence-corrected chi connectivity index (χ3v) is 4.11.